The summed E-state index contributed by atoms with van der Waals surface area (Å²) in [6.45, 7) is 4.08. The molecule has 1 aromatic carbocycles. The lowest BCUT2D eigenvalue weighted by Crippen LogP contribution is -2.42. The quantitative estimate of drug-likeness (QED) is 0.837. The van der Waals surface area contributed by atoms with Crippen molar-refractivity contribution in [2.75, 3.05) is 25.4 Å². The first-order valence-corrected chi connectivity index (χ1v) is 10.5. The van der Waals surface area contributed by atoms with Crippen LogP contribution in [0.15, 0.2) is 24.3 Å². The number of hydrogen-bond donors (Lipinski definition) is 0. The summed E-state index contributed by atoms with van der Waals surface area (Å²) < 4.78 is 0. The van der Waals surface area contributed by atoms with Crippen molar-refractivity contribution in [3.05, 3.63) is 35.4 Å². The number of nitrogens with zero attached hydrogens (tertiary/aromatic N) is 2. The maximum absolute atomic E-state index is 12.5. The van der Waals surface area contributed by atoms with Crippen LogP contribution in [-0.2, 0) is 17.8 Å². The highest BCUT2D eigenvalue weighted by atomic mass is 32.2. The smallest absolute Gasteiger partial charge is 0.232 e. The molecule has 1 saturated carbocycles. The lowest BCUT2D eigenvalue weighted by molar-refractivity contribution is -0.127. The molecule has 1 saturated heterocycles. The van der Waals surface area contributed by atoms with Crippen LogP contribution in [-0.4, -0.2) is 52.4 Å². The van der Waals surface area contributed by atoms with E-state index in [1.165, 1.54) is 36.8 Å². The van der Waals surface area contributed by atoms with E-state index in [0.29, 0.717) is 17.7 Å². The minimum atomic E-state index is 0.367. The molecule has 2 heterocycles. The van der Waals surface area contributed by atoms with Gasteiger partial charge >= 0.3 is 0 Å². The molecule has 0 aromatic heterocycles. The van der Waals surface area contributed by atoms with Gasteiger partial charge in [0.1, 0.15) is 0 Å². The number of carbonyl (C=O) groups is 1. The summed E-state index contributed by atoms with van der Waals surface area (Å²) in [6, 6.07) is 9.37. The SMILES string of the molecule is O=C(CSC1CCCC1)N1CCC(N2CCc3ccccc3C2)C1. The Morgan fingerprint density at radius 1 is 1.08 bits per heavy atom. The van der Waals surface area contributed by atoms with E-state index < -0.39 is 0 Å². The fraction of sp³-hybridized carbons (Fsp3) is 0.650. The summed E-state index contributed by atoms with van der Waals surface area (Å²) in [5.41, 5.74) is 2.98. The molecule has 0 radical (unpaired) electrons. The zero-order chi connectivity index (χ0) is 16.4. The number of benzene rings is 1. The lowest BCUT2D eigenvalue weighted by atomic mass is 9.98. The van der Waals surface area contributed by atoms with Crippen LogP contribution in [0.5, 0.6) is 0 Å². The van der Waals surface area contributed by atoms with Crippen LogP contribution in [0.1, 0.15) is 43.2 Å². The van der Waals surface area contributed by atoms with E-state index >= 15 is 0 Å². The zero-order valence-electron chi connectivity index (χ0n) is 14.5. The first-order valence-electron chi connectivity index (χ1n) is 9.50. The van der Waals surface area contributed by atoms with Gasteiger partial charge in [-0.05, 0) is 36.8 Å². The van der Waals surface area contributed by atoms with Gasteiger partial charge in [-0.15, -0.1) is 11.8 Å². The van der Waals surface area contributed by atoms with E-state index in [1.54, 1.807) is 0 Å². The van der Waals surface area contributed by atoms with Gasteiger partial charge in [-0.25, -0.2) is 0 Å². The van der Waals surface area contributed by atoms with Crippen LogP contribution in [0.3, 0.4) is 0 Å². The highest BCUT2D eigenvalue weighted by Gasteiger charge is 2.32. The predicted molar refractivity (Wildman–Crippen MR) is 100 cm³/mol. The average Bonchev–Trinajstić information content (AvgIpc) is 3.31. The second-order valence-electron chi connectivity index (χ2n) is 7.49. The molecule has 1 amide bonds. The summed E-state index contributed by atoms with van der Waals surface area (Å²) in [5, 5.41) is 0.742. The maximum atomic E-state index is 12.5. The van der Waals surface area contributed by atoms with Gasteiger partial charge in [-0.3, -0.25) is 9.69 Å². The number of likely N-dealkylation sites (tertiary alicyclic amines) is 1. The average molecular weight is 345 g/mol. The molecular formula is C20H28N2OS. The molecule has 24 heavy (non-hydrogen) atoms. The third-order valence-electron chi connectivity index (χ3n) is 5.94. The molecule has 3 nitrogen and oxygen atoms in total. The Hall–Kier alpha value is -1.00. The van der Waals surface area contributed by atoms with Crippen molar-refractivity contribution >= 4 is 17.7 Å². The number of thioether (sulfide) groups is 1. The Morgan fingerprint density at radius 3 is 2.71 bits per heavy atom. The van der Waals surface area contributed by atoms with Crippen LogP contribution in [0.4, 0.5) is 0 Å². The molecule has 0 N–H and O–H groups in total. The summed E-state index contributed by atoms with van der Waals surface area (Å²) in [5.74, 6) is 1.06. The number of fused-ring (bicyclic) bond motifs is 1. The minimum Gasteiger partial charge on any atom is -0.340 e. The molecule has 4 rings (SSSR count). The Labute approximate surface area is 149 Å². The van der Waals surface area contributed by atoms with Crippen LogP contribution in [0, 0.1) is 0 Å². The monoisotopic (exact) mass is 344 g/mol. The molecule has 2 fully saturated rings. The number of hydrogen-bond acceptors (Lipinski definition) is 3. The fourth-order valence-electron chi connectivity index (χ4n) is 4.43. The van der Waals surface area contributed by atoms with Gasteiger partial charge in [0.2, 0.25) is 5.91 Å². The van der Waals surface area contributed by atoms with E-state index in [-0.39, 0.29) is 0 Å². The molecule has 130 valence electrons. The molecule has 4 heteroatoms. The van der Waals surface area contributed by atoms with Gasteiger partial charge in [0, 0.05) is 37.5 Å². The van der Waals surface area contributed by atoms with E-state index in [1.807, 2.05) is 11.8 Å². The summed E-state index contributed by atoms with van der Waals surface area (Å²) in [4.78, 5) is 17.2. The summed E-state index contributed by atoms with van der Waals surface area (Å²) in [6.07, 6.45) is 7.63. The zero-order valence-corrected chi connectivity index (χ0v) is 15.3. The van der Waals surface area contributed by atoms with Crippen molar-refractivity contribution in [3.63, 3.8) is 0 Å². The van der Waals surface area contributed by atoms with Crippen LogP contribution >= 0.6 is 11.8 Å². The molecule has 0 spiro atoms. The highest BCUT2D eigenvalue weighted by molar-refractivity contribution is 8.00. The van der Waals surface area contributed by atoms with Crippen molar-refractivity contribution in [1.29, 1.82) is 0 Å². The van der Waals surface area contributed by atoms with Crippen molar-refractivity contribution in [1.82, 2.24) is 9.80 Å². The molecular weight excluding hydrogens is 316 g/mol. The molecule has 1 aromatic rings. The predicted octanol–water partition coefficient (Wildman–Crippen LogP) is 3.32. The molecule has 2 aliphatic heterocycles. The second-order valence-corrected chi connectivity index (χ2v) is 8.78. The third kappa shape index (κ3) is 3.65. The van der Waals surface area contributed by atoms with Crippen LogP contribution in [0.2, 0.25) is 0 Å². The fourth-order valence-corrected chi connectivity index (χ4v) is 5.66. The molecule has 1 aliphatic carbocycles. The Balaban J connectivity index is 1.28. The van der Waals surface area contributed by atoms with Crippen molar-refractivity contribution < 1.29 is 4.79 Å². The third-order valence-corrected chi connectivity index (χ3v) is 7.29. The van der Waals surface area contributed by atoms with E-state index in [9.17, 15) is 4.79 Å². The Morgan fingerprint density at radius 2 is 1.88 bits per heavy atom. The molecule has 1 unspecified atom stereocenters. The van der Waals surface area contributed by atoms with Crippen molar-refractivity contribution in [2.45, 2.75) is 56.4 Å². The molecule has 0 bridgehead atoms. The van der Waals surface area contributed by atoms with Gasteiger partial charge in [-0.1, -0.05) is 37.1 Å². The van der Waals surface area contributed by atoms with E-state index in [2.05, 4.69) is 34.1 Å². The van der Waals surface area contributed by atoms with E-state index in [0.717, 1.165) is 44.3 Å². The van der Waals surface area contributed by atoms with Crippen LogP contribution < -0.4 is 0 Å². The van der Waals surface area contributed by atoms with Gasteiger partial charge in [-0.2, -0.15) is 0 Å². The number of amides is 1. The Kier molecular flexibility index (Phi) is 5.14. The standard InChI is InChI=1S/C20H28N2OS/c23-20(15-24-19-7-3-4-8-19)22-12-10-18(14-22)21-11-9-16-5-1-2-6-17(16)13-21/h1-2,5-6,18-19H,3-4,7-15H2. The van der Waals surface area contributed by atoms with Crippen LogP contribution in [0.25, 0.3) is 0 Å². The van der Waals surface area contributed by atoms with Gasteiger partial charge in [0.05, 0.1) is 5.75 Å². The summed E-state index contributed by atoms with van der Waals surface area (Å²) >= 11 is 1.90. The number of carbonyl (C=O) groups excluding carboxylic acids is 1. The second kappa shape index (κ2) is 7.49. The number of rotatable bonds is 4. The largest absolute Gasteiger partial charge is 0.340 e. The first-order chi connectivity index (χ1) is 11.8. The maximum Gasteiger partial charge on any atom is 0.232 e. The van der Waals surface area contributed by atoms with Gasteiger partial charge in [0.25, 0.3) is 0 Å². The lowest BCUT2D eigenvalue weighted by Gasteiger charge is -2.33. The normalized spacial score (nSPS) is 25.2. The van der Waals surface area contributed by atoms with Gasteiger partial charge in [0.15, 0.2) is 0 Å². The minimum absolute atomic E-state index is 0.367. The van der Waals surface area contributed by atoms with Crippen molar-refractivity contribution in [2.24, 2.45) is 0 Å². The highest BCUT2D eigenvalue weighted by Crippen LogP contribution is 2.30. The topological polar surface area (TPSA) is 23.6 Å². The molecule has 1 atom stereocenters. The molecule has 3 aliphatic rings. The summed E-state index contributed by atoms with van der Waals surface area (Å²) in [7, 11) is 0. The Bertz CT molecular complexity index is 585. The van der Waals surface area contributed by atoms with E-state index in [4.69, 9.17) is 0 Å². The van der Waals surface area contributed by atoms with Crippen molar-refractivity contribution in [3.8, 4) is 0 Å². The first kappa shape index (κ1) is 16.5. The van der Waals surface area contributed by atoms with Gasteiger partial charge < -0.3 is 4.90 Å².